The Balaban J connectivity index is 1.90. The Morgan fingerprint density at radius 2 is 1.81 bits per heavy atom. The zero-order valence-corrected chi connectivity index (χ0v) is 15.9. The lowest BCUT2D eigenvalue weighted by Gasteiger charge is -2.43. The van der Waals surface area contributed by atoms with Gasteiger partial charge in [-0.15, -0.1) is 0 Å². The van der Waals surface area contributed by atoms with E-state index in [2.05, 4.69) is 12.2 Å². The Morgan fingerprint density at radius 1 is 1.11 bits per heavy atom. The first-order valence-electron chi connectivity index (χ1n) is 9.74. The summed E-state index contributed by atoms with van der Waals surface area (Å²) in [6.07, 6.45) is 0.890. The summed E-state index contributed by atoms with van der Waals surface area (Å²) < 4.78 is 0. The van der Waals surface area contributed by atoms with Crippen LogP contribution in [0.1, 0.15) is 48.5 Å². The summed E-state index contributed by atoms with van der Waals surface area (Å²) in [7, 11) is 0. The standard InChI is InChI=1S/C20H32N2O5/c1-2-3-4-5-10-21-20(27)15-8-6-14(7-9-15)11-22-12-17(24)19(26)18(25)16(22)13-23/h6-9,16-19,23-26H,2-5,10-13H2,1H3,(H,21,27)/t16-,17-,18+,19+/m0/s1. The predicted octanol–water partition coefficient (Wildman–Crippen LogP) is 0.256. The van der Waals surface area contributed by atoms with Crippen molar-refractivity contribution in [1.82, 2.24) is 10.2 Å². The van der Waals surface area contributed by atoms with E-state index in [0.29, 0.717) is 18.7 Å². The first-order valence-corrected chi connectivity index (χ1v) is 9.74. The fourth-order valence-corrected chi connectivity index (χ4v) is 3.41. The molecule has 0 saturated carbocycles. The zero-order valence-electron chi connectivity index (χ0n) is 15.9. The van der Waals surface area contributed by atoms with Crippen LogP contribution in [0.4, 0.5) is 0 Å². The first-order chi connectivity index (χ1) is 13.0. The van der Waals surface area contributed by atoms with E-state index in [4.69, 9.17) is 0 Å². The van der Waals surface area contributed by atoms with Crippen LogP contribution in [0.25, 0.3) is 0 Å². The number of carbonyl (C=O) groups is 1. The largest absolute Gasteiger partial charge is 0.395 e. The summed E-state index contributed by atoms with van der Waals surface area (Å²) >= 11 is 0. The molecule has 1 aliphatic rings. The van der Waals surface area contributed by atoms with Crippen LogP contribution in [0.3, 0.4) is 0 Å². The molecule has 2 rings (SSSR count). The molecule has 1 amide bonds. The number of likely N-dealkylation sites (tertiary alicyclic amines) is 1. The van der Waals surface area contributed by atoms with E-state index >= 15 is 0 Å². The summed E-state index contributed by atoms with van der Waals surface area (Å²) in [6, 6.07) is 6.50. The number of nitrogens with one attached hydrogen (secondary N) is 1. The molecule has 1 aromatic carbocycles. The number of rotatable bonds is 9. The van der Waals surface area contributed by atoms with Crippen LogP contribution >= 0.6 is 0 Å². The van der Waals surface area contributed by atoms with E-state index in [1.54, 1.807) is 17.0 Å². The van der Waals surface area contributed by atoms with E-state index in [1.165, 1.54) is 6.42 Å². The van der Waals surface area contributed by atoms with Crippen molar-refractivity contribution in [2.24, 2.45) is 0 Å². The third-order valence-electron chi connectivity index (χ3n) is 5.13. The van der Waals surface area contributed by atoms with Gasteiger partial charge in [0.2, 0.25) is 0 Å². The third kappa shape index (κ3) is 5.99. The van der Waals surface area contributed by atoms with Gasteiger partial charge in [-0.2, -0.15) is 0 Å². The SMILES string of the molecule is CCCCCCNC(=O)c1ccc(CN2C[C@H](O)[C@@H](O)[C@H](O)[C@@H]2CO)cc1. The third-order valence-corrected chi connectivity index (χ3v) is 5.13. The normalized spacial score (nSPS) is 26.1. The molecule has 0 spiro atoms. The van der Waals surface area contributed by atoms with Gasteiger partial charge >= 0.3 is 0 Å². The summed E-state index contributed by atoms with van der Waals surface area (Å²) in [5.41, 5.74) is 1.48. The summed E-state index contributed by atoms with van der Waals surface area (Å²) in [5, 5.41) is 42.1. The van der Waals surface area contributed by atoms with Gasteiger partial charge in [0.15, 0.2) is 0 Å². The van der Waals surface area contributed by atoms with Gasteiger partial charge in [-0.05, 0) is 24.1 Å². The number of amides is 1. The highest BCUT2D eigenvalue weighted by Crippen LogP contribution is 2.21. The molecule has 27 heavy (non-hydrogen) atoms. The quantitative estimate of drug-likeness (QED) is 0.393. The molecule has 0 unspecified atom stereocenters. The van der Waals surface area contributed by atoms with Gasteiger partial charge in [0.05, 0.1) is 18.8 Å². The second kappa shape index (κ2) is 10.7. The molecular weight excluding hydrogens is 348 g/mol. The number of aliphatic hydroxyl groups is 4. The van der Waals surface area contributed by atoms with Crippen LogP contribution < -0.4 is 5.32 Å². The van der Waals surface area contributed by atoms with Crippen molar-refractivity contribution >= 4 is 5.91 Å². The second-order valence-electron chi connectivity index (χ2n) is 7.24. The van der Waals surface area contributed by atoms with Crippen LogP contribution in [0, 0.1) is 0 Å². The maximum Gasteiger partial charge on any atom is 0.251 e. The minimum absolute atomic E-state index is 0.0989. The monoisotopic (exact) mass is 380 g/mol. The smallest absolute Gasteiger partial charge is 0.251 e. The van der Waals surface area contributed by atoms with E-state index in [1.807, 2.05) is 12.1 Å². The molecule has 1 aliphatic heterocycles. The van der Waals surface area contributed by atoms with Crippen molar-refractivity contribution in [2.45, 2.75) is 63.5 Å². The number of β-amino-alcohol motifs (C(OH)–C–C–N with tert-alkyl or cyclic N) is 1. The Hall–Kier alpha value is -1.51. The molecular formula is C20H32N2O5. The Kier molecular flexibility index (Phi) is 8.66. The molecule has 152 valence electrons. The maximum absolute atomic E-state index is 12.2. The lowest BCUT2D eigenvalue weighted by molar-refractivity contribution is -0.147. The Morgan fingerprint density at radius 3 is 2.44 bits per heavy atom. The number of nitrogens with zero attached hydrogens (tertiary/aromatic N) is 1. The second-order valence-corrected chi connectivity index (χ2v) is 7.24. The van der Waals surface area contributed by atoms with E-state index < -0.39 is 24.4 Å². The molecule has 4 atom stereocenters. The Labute approximate surface area is 160 Å². The van der Waals surface area contributed by atoms with Crippen molar-refractivity contribution in [3.05, 3.63) is 35.4 Å². The average Bonchev–Trinajstić information content (AvgIpc) is 2.67. The number of hydrogen-bond acceptors (Lipinski definition) is 6. The number of aliphatic hydroxyl groups excluding tert-OH is 4. The number of carbonyl (C=O) groups excluding carboxylic acids is 1. The highest BCUT2D eigenvalue weighted by molar-refractivity contribution is 5.94. The molecule has 5 N–H and O–H groups in total. The van der Waals surface area contributed by atoms with Crippen molar-refractivity contribution in [2.75, 3.05) is 19.7 Å². The first kappa shape index (κ1) is 21.8. The fraction of sp³-hybridized carbons (Fsp3) is 0.650. The average molecular weight is 380 g/mol. The van der Waals surface area contributed by atoms with Gasteiger partial charge in [0.25, 0.3) is 5.91 Å². The van der Waals surface area contributed by atoms with Crippen molar-refractivity contribution in [3.63, 3.8) is 0 Å². The van der Waals surface area contributed by atoms with E-state index in [-0.39, 0.29) is 19.1 Å². The topological polar surface area (TPSA) is 113 Å². The molecule has 0 aliphatic carbocycles. The van der Waals surface area contributed by atoms with Gasteiger partial charge in [-0.25, -0.2) is 0 Å². The molecule has 1 fully saturated rings. The number of hydrogen-bond donors (Lipinski definition) is 5. The van der Waals surface area contributed by atoms with Crippen LogP contribution in [-0.2, 0) is 6.54 Å². The van der Waals surface area contributed by atoms with Crippen molar-refractivity contribution in [1.29, 1.82) is 0 Å². The van der Waals surface area contributed by atoms with E-state index in [9.17, 15) is 25.2 Å². The summed E-state index contributed by atoms with van der Waals surface area (Å²) in [4.78, 5) is 13.9. The molecule has 0 bridgehead atoms. The molecule has 7 nitrogen and oxygen atoms in total. The highest BCUT2D eigenvalue weighted by Gasteiger charge is 2.40. The molecule has 1 heterocycles. The summed E-state index contributed by atoms with van der Waals surface area (Å²) in [5.74, 6) is -0.0989. The van der Waals surface area contributed by atoms with Crippen molar-refractivity contribution in [3.8, 4) is 0 Å². The van der Waals surface area contributed by atoms with Crippen LogP contribution in [0.2, 0.25) is 0 Å². The lowest BCUT2D eigenvalue weighted by atomic mass is 9.93. The minimum atomic E-state index is -1.26. The number of benzene rings is 1. The number of piperidine rings is 1. The molecule has 1 saturated heterocycles. The van der Waals surface area contributed by atoms with Crippen LogP contribution in [-0.4, -0.2) is 75.3 Å². The fourth-order valence-electron chi connectivity index (χ4n) is 3.41. The van der Waals surface area contributed by atoms with E-state index in [0.717, 1.165) is 24.8 Å². The summed E-state index contributed by atoms with van der Waals surface area (Å²) in [6.45, 7) is 3.05. The minimum Gasteiger partial charge on any atom is -0.395 e. The number of unbranched alkanes of at least 4 members (excludes halogenated alkanes) is 3. The molecule has 1 aromatic rings. The highest BCUT2D eigenvalue weighted by atomic mass is 16.4. The van der Waals surface area contributed by atoms with Gasteiger partial charge in [-0.1, -0.05) is 38.3 Å². The van der Waals surface area contributed by atoms with Gasteiger partial charge in [0, 0.05) is 25.2 Å². The zero-order chi connectivity index (χ0) is 19.8. The van der Waals surface area contributed by atoms with Crippen LogP contribution in [0.5, 0.6) is 0 Å². The lowest BCUT2D eigenvalue weighted by Crippen LogP contribution is -2.62. The molecule has 7 heteroatoms. The molecule has 0 radical (unpaired) electrons. The Bertz CT molecular complexity index is 580. The predicted molar refractivity (Wildman–Crippen MR) is 102 cm³/mol. The van der Waals surface area contributed by atoms with Gasteiger partial charge in [0.1, 0.15) is 12.2 Å². The van der Waals surface area contributed by atoms with Gasteiger partial charge in [-0.3, -0.25) is 9.69 Å². The van der Waals surface area contributed by atoms with Crippen LogP contribution in [0.15, 0.2) is 24.3 Å². The molecule has 0 aromatic heterocycles. The van der Waals surface area contributed by atoms with Gasteiger partial charge < -0.3 is 25.7 Å². The maximum atomic E-state index is 12.2. The van der Waals surface area contributed by atoms with Crippen molar-refractivity contribution < 1.29 is 25.2 Å².